The maximum Gasteiger partial charge on any atom is 0.320 e. The van der Waals surface area contributed by atoms with Crippen LogP contribution in [0.15, 0.2) is 30.3 Å². The molecule has 0 aliphatic heterocycles. The minimum atomic E-state index is -0.372. The molecule has 4 nitrogen and oxygen atoms in total. The Kier molecular flexibility index (Phi) is 4.68. The van der Waals surface area contributed by atoms with Crippen LogP contribution in [0.2, 0.25) is 0 Å². The van der Waals surface area contributed by atoms with E-state index in [-0.39, 0.29) is 25.9 Å². The molecule has 0 saturated carbocycles. The molecular formula is C10H13NO3. The Bertz CT molecular complexity index is 274. The second-order valence-corrected chi connectivity index (χ2v) is 2.73. The van der Waals surface area contributed by atoms with E-state index in [4.69, 9.17) is 9.84 Å². The lowest BCUT2D eigenvalue weighted by atomic mass is 10.2. The number of rotatable bonds is 5. The Morgan fingerprint density at radius 2 is 2.07 bits per heavy atom. The lowest BCUT2D eigenvalue weighted by Crippen LogP contribution is -2.25. The quantitative estimate of drug-likeness (QED) is 0.523. The average molecular weight is 195 g/mol. The third kappa shape index (κ3) is 4.02. The second-order valence-electron chi connectivity index (χ2n) is 2.73. The van der Waals surface area contributed by atoms with Gasteiger partial charge in [0.1, 0.15) is 6.61 Å². The smallest absolute Gasteiger partial charge is 0.320 e. The molecule has 1 aromatic rings. The van der Waals surface area contributed by atoms with Crippen LogP contribution < -0.4 is 5.32 Å². The van der Waals surface area contributed by atoms with Gasteiger partial charge >= 0.3 is 5.97 Å². The highest BCUT2D eigenvalue weighted by molar-refractivity contribution is 5.71. The van der Waals surface area contributed by atoms with Crippen LogP contribution in [-0.4, -0.2) is 24.4 Å². The van der Waals surface area contributed by atoms with Crippen LogP contribution in [0.4, 0.5) is 0 Å². The third-order valence-corrected chi connectivity index (χ3v) is 1.62. The van der Waals surface area contributed by atoms with Crippen molar-refractivity contribution in [3.8, 4) is 0 Å². The molecular weight excluding hydrogens is 182 g/mol. The molecule has 0 amide bonds. The Labute approximate surface area is 82.5 Å². The van der Waals surface area contributed by atoms with Gasteiger partial charge in [0.25, 0.3) is 0 Å². The van der Waals surface area contributed by atoms with Gasteiger partial charge in [-0.2, -0.15) is 0 Å². The van der Waals surface area contributed by atoms with Crippen LogP contribution >= 0.6 is 0 Å². The lowest BCUT2D eigenvalue weighted by Gasteiger charge is -2.04. The standard InChI is InChI=1S/C10H13NO3/c12-8-11-6-10(13)14-7-9-4-2-1-3-5-9/h1-5,11-12H,6-8H2. The van der Waals surface area contributed by atoms with Crippen LogP contribution in [0.3, 0.4) is 0 Å². The first-order chi connectivity index (χ1) is 6.83. The summed E-state index contributed by atoms with van der Waals surface area (Å²) in [7, 11) is 0. The third-order valence-electron chi connectivity index (χ3n) is 1.62. The maximum atomic E-state index is 11.0. The number of hydrogen-bond donors (Lipinski definition) is 2. The Hall–Kier alpha value is -1.39. The van der Waals surface area contributed by atoms with Gasteiger partial charge < -0.3 is 9.84 Å². The highest BCUT2D eigenvalue weighted by atomic mass is 16.5. The van der Waals surface area contributed by atoms with Crippen LogP contribution in [0.5, 0.6) is 0 Å². The molecule has 0 spiro atoms. The predicted octanol–water partition coefficient (Wildman–Crippen LogP) is 0.269. The van der Waals surface area contributed by atoms with Crippen LogP contribution in [0, 0.1) is 0 Å². The largest absolute Gasteiger partial charge is 0.460 e. The lowest BCUT2D eigenvalue weighted by molar-refractivity contribution is -0.144. The first-order valence-electron chi connectivity index (χ1n) is 4.34. The average Bonchev–Trinajstić information content (AvgIpc) is 2.25. The number of aliphatic hydroxyl groups excluding tert-OH is 1. The van der Waals surface area contributed by atoms with E-state index in [1.165, 1.54) is 0 Å². The van der Waals surface area contributed by atoms with Crippen molar-refractivity contribution in [2.24, 2.45) is 0 Å². The molecule has 76 valence electrons. The zero-order valence-electron chi connectivity index (χ0n) is 7.77. The van der Waals surface area contributed by atoms with Gasteiger partial charge in [-0.1, -0.05) is 30.3 Å². The van der Waals surface area contributed by atoms with Gasteiger partial charge in [0.05, 0.1) is 13.3 Å². The fraction of sp³-hybridized carbons (Fsp3) is 0.300. The molecule has 0 atom stereocenters. The van der Waals surface area contributed by atoms with Crippen molar-refractivity contribution in [1.29, 1.82) is 0 Å². The van der Waals surface area contributed by atoms with E-state index in [1.54, 1.807) is 0 Å². The summed E-state index contributed by atoms with van der Waals surface area (Å²) in [5.41, 5.74) is 0.949. The summed E-state index contributed by atoms with van der Waals surface area (Å²) in [4.78, 5) is 11.0. The number of benzene rings is 1. The van der Waals surface area contributed by atoms with Crippen molar-refractivity contribution in [3.63, 3.8) is 0 Å². The van der Waals surface area contributed by atoms with Crippen LogP contribution in [0.1, 0.15) is 5.56 Å². The zero-order valence-corrected chi connectivity index (χ0v) is 7.77. The monoisotopic (exact) mass is 195 g/mol. The fourth-order valence-corrected chi connectivity index (χ4v) is 0.947. The summed E-state index contributed by atoms with van der Waals surface area (Å²) in [6.45, 7) is 0.0799. The van der Waals surface area contributed by atoms with Crippen molar-refractivity contribution in [3.05, 3.63) is 35.9 Å². The summed E-state index contributed by atoms with van der Waals surface area (Å²) in [5.74, 6) is -0.372. The van der Waals surface area contributed by atoms with E-state index >= 15 is 0 Å². The van der Waals surface area contributed by atoms with E-state index in [0.29, 0.717) is 0 Å². The van der Waals surface area contributed by atoms with Gasteiger partial charge in [0.2, 0.25) is 0 Å². The SMILES string of the molecule is O=C(CNCO)OCc1ccccc1. The fourth-order valence-electron chi connectivity index (χ4n) is 0.947. The van der Waals surface area contributed by atoms with Gasteiger partial charge in [-0.05, 0) is 5.56 Å². The molecule has 0 aromatic heterocycles. The molecule has 14 heavy (non-hydrogen) atoms. The zero-order chi connectivity index (χ0) is 10.2. The number of aliphatic hydroxyl groups is 1. The molecule has 0 aliphatic carbocycles. The molecule has 1 rings (SSSR count). The van der Waals surface area contributed by atoms with Gasteiger partial charge in [-0.15, -0.1) is 0 Å². The Morgan fingerprint density at radius 3 is 2.71 bits per heavy atom. The van der Waals surface area contributed by atoms with Crippen molar-refractivity contribution in [1.82, 2.24) is 5.32 Å². The number of carbonyl (C=O) groups excluding carboxylic acids is 1. The maximum absolute atomic E-state index is 11.0. The first kappa shape index (κ1) is 10.7. The number of carbonyl (C=O) groups is 1. The van der Waals surface area contributed by atoms with E-state index in [0.717, 1.165) is 5.56 Å². The van der Waals surface area contributed by atoms with Gasteiger partial charge in [-0.3, -0.25) is 10.1 Å². The predicted molar refractivity (Wildman–Crippen MR) is 51.3 cm³/mol. The number of ether oxygens (including phenoxy) is 1. The van der Waals surface area contributed by atoms with Crippen molar-refractivity contribution in [2.45, 2.75) is 6.61 Å². The van der Waals surface area contributed by atoms with E-state index in [2.05, 4.69) is 5.32 Å². The molecule has 0 fully saturated rings. The minimum absolute atomic E-state index is 0.0311. The Morgan fingerprint density at radius 1 is 1.36 bits per heavy atom. The molecule has 0 radical (unpaired) electrons. The highest BCUT2D eigenvalue weighted by Gasteiger charge is 2.01. The molecule has 0 aliphatic rings. The highest BCUT2D eigenvalue weighted by Crippen LogP contribution is 1.99. The summed E-state index contributed by atoms with van der Waals surface area (Å²) >= 11 is 0. The number of nitrogens with one attached hydrogen (secondary N) is 1. The van der Waals surface area contributed by atoms with Crippen molar-refractivity contribution >= 4 is 5.97 Å². The van der Waals surface area contributed by atoms with Gasteiger partial charge in [0.15, 0.2) is 0 Å². The normalized spacial score (nSPS) is 9.79. The Balaban J connectivity index is 2.24. The summed E-state index contributed by atoms with van der Waals surface area (Å²) < 4.78 is 4.92. The molecule has 0 bridgehead atoms. The number of hydrogen-bond acceptors (Lipinski definition) is 4. The summed E-state index contributed by atoms with van der Waals surface area (Å²) in [6.07, 6.45) is 0. The molecule has 0 saturated heterocycles. The summed E-state index contributed by atoms with van der Waals surface area (Å²) in [6, 6.07) is 9.43. The molecule has 0 unspecified atom stereocenters. The minimum Gasteiger partial charge on any atom is -0.460 e. The van der Waals surface area contributed by atoms with Crippen LogP contribution in [-0.2, 0) is 16.1 Å². The molecule has 0 heterocycles. The second kappa shape index (κ2) is 6.12. The summed E-state index contributed by atoms with van der Waals surface area (Å²) in [5, 5.41) is 10.8. The van der Waals surface area contributed by atoms with E-state index in [1.807, 2.05) is 30.3 Å². The van der Waals surface area contributed by atoms with E-state index in [9.17, 15) is 4.79 Å². The van der Waals surface area contributed by atoms with Gasteiger partial charge in [-0.25, -0.2) is 0 Å². The first-order valence-corrected chi connectivity index (χ1v) is 4.34. The molecule has 4 heteroatoms. The molecule has 2 N–H and O–H groups in total. The van der Waals surface area contributed by atoms with Crippen LogP contribution in [0.25, 0.3) is 0 Å². The topological polar surface area (TPSA) is 58.6 Å². The molecule has 1 aromatic carbocycles. The van der Waals surface area contributed by atoms with Crippen molar-refractivity contribution < 1.29 is 14.6 Å². The number of esters is 1. The van der Waals surface area contributed by atoms with E-state index < -0.39 is 0 Å². The van der Waals surface area contributed by atoms with Crippen molar-refractivity contribution in [2.75, 3.05) is 13.3 Å². The van der Waals surface area contributed by atoms with Gasteiger partial charge in [0, 0.05) is 0 Å².